The van der Waals surface area contributed by atoms with Gasteiger partial charge in [-0.2, -0.15) is 0 Å². The Labute approximate surface area is 329 Å². The first-order valence-corrected chi connectivity index (χ1v) is 22.5. The van der Waals surface area contributed by atoms with E-state index in [1.54, 1.807) is 0 Å². The van der Waals surface area contributed by atoms with Gasteiger partial charge in [-0.3, -0.25) is 4.57 Å². The summed E-state index contributed by atoms with van der Waals surface area (Å²) < 4.78 is 4.99. The van der Waals surface area contributed by atoms with Gasteiger partial charge in [-0.1, -0.05) is 158 Å². The molecule has 0 radical (unpaired) electrons. The number of fused-ring (bicyclic) bond motifs is 8. The van der Waals surface area contributed by atoms with Crippen molar-refractivity contribution in [2.24, 2.45) is 0 Å². The van der Waals surface area contributed by atoms with Crippen molar-refractivity contribution < 1.29 is 0 Å². The van der Waals surface area contributed by atoms with E-state index in [0.29, 0.717) is 0 Å². The van der Waals surface area contributed by atoms with Crippen molar-refractivity contribution in [2.75, 3.05) is 0 Å². The summed E-state index contributed by atoms with van der Waals surface area (Å²) in [7, 11) is -2.85. The van der Waals surface area contributed by atoms with Crippen LogP contribution >= 0.6 is 23.1 Å². The number of aromatic nitrogens is 2. The van der Waals surface area contributed by atoms with Crippen molar-refractivity contribution in [1.82, 2.24) is 9.55 Å². The molecule has 8 aromatic carbocycles. The lowest BCUT2D eigenvalue weighted by Crippen LogP contribution is -2.74. The van der Waals surface area contributed by atoms with Crippen LogP contribution in [-0.4, -0.2) is 17.6 Å². The van der Waals surface area contributed by atoms with E-state index in [2.05, 4.69) is 199 Å². The van der Waals surface area contributed by atoms with Crippen molar-refractivity contribution in [3.63, 3.8) is 0 Å². The van der Waals surface area contributed by atoms with Crippen LogP contribution in [0.1, 0.15) is 5.82 Å². The van der Waals surface area contributed by atoms with Crippen LogP contribution < -0.4 is 20.7 Å². The Morgan fingerprint density at radius 3 is 1.91 bits per heavy atom. The van der Waals surface area contributed by atoms with E-state index < -0.39 is 8.07 Å². The maximum Gasteiger partial charge on any atom is 0.179 e. The Hall–Kier alpha value is -5.98. The zero-order chi connectivity index (χ0) is 36.3. The van der Waals surface area contributed by atoms with Crippen molar-refractivity contribution in [1.29, 1.82) is 0 Å². The summed E-state index contributed by atoms with van der Waals surface area (Å²) in [5.41, 5.74) is 8.33. The van der Waals surface area contributed by atoms with Crippen LogP contribution in [0.5, 0.6) is 0 Å². The number of para-hydroxylation sites is 1. The Balaban J connectivity index is 1.12. The third-order valence-corrected chi connectivity index (χ3v) is 18.2. The fraction of sp³-hybridized carbons (Fsp3) is 0.0200. The van der Waals surface area contributed by atoms with E-state index in [9.17, 15) is 0 Å². The Bertz CT molecular complexity index is 3020. The number of benzene rings is 8. The van der Waals surface area contributed by atoms with E-state index in [-0.39, 0.29) is 0 Å². The molecule has 1 aliphatic rings. The van der Waals surface area contributed by atoms with Gasteiger partial charge in [-0.05, 0) is 79.4 Å². The summed E-state index contributed by atoms with van der Waals surface area (Å²) in [6, 6.07) is 72.4. The summed E-state index contributed by atoms with van der Waals surface area (Å²) in [6.45, 7) is 0. The number of thioether (sulfide) groups is 1. The minimum Gasteiger partial charge on any atom is -0.294 e. The number of hydrogen-bond donors (Lipinski definition) is 0. The van der Waals surface area contributed by atoms with Crippen molar-refractivity contribution in [3.05, 3.63) is 200 Å². The van der Waals surface area contributed by atoms with Gasteiger partial charge < -0.3 is 0 Å². The van der Waals surface area contributed by atoms with Gasteiger partial charge in [0, 0.05) is 25.1 Å². The number of thiophene rings is 1. The van der Waals surface area contributed by atoms with Gasteiger partial charge in [0.1, 0.15) is 5.82 Å². The average Bonchev–Trinajstić information content (AvgIpc) is 3.84. The molecule has 0 N–H and O–H groups in total. The molecule has 10 aromatic rings. The third kappa shape index (κ3) is 5.19. The van der Waals surface area contributed by atoms with Crippen LogP contribution in [0.3, 0.4) is 0 Å². The molecule has 5 heteroatoms. The molecule has 2 nitrogen and oxygen atoms in total. The smallest absolute Gasteiger partial charge is 0.179 e. The zero-order valence-corrected chi connectivity index (χ0v) is 32.5. The first kappa shape index (κ1) is 32.4. The Morgan fingerprint density at radius 2 is 1.11 bits per heavy atom. The highest BCUT2D eigenvalue weighted by molar-refractivity contribution is 7.98. The quantitative estimate of drug-likeness (QED) is 0.124. The highest BCUT2D eigenvalue weighted by atomic mass is 32.2. The largest absolute Gasteiger partial charge is 0.294 e. The van der Waals surface area contributed by atoms with Crippen molar-refractivity contribution >= 4 is 83.1 Å². The number of hydrogen-bond acceptors (Lipinski definition) is 3. The van der Waals surface area contributed by atoms with E-state index in [1.807, 2.05) is 23.1 Å². The SMILES string of the molecule is c1ccc([Si](c2ccccc2)(c2cccc(-c3ccc4c(c3)nc3n4-c4ccccc4SC3)c2)c2cccc(-c3cccc4sc5ccccc5c34)c2)cc1. The van der Waals surface area contributed by atoms with Crippen molar-refractivity contribution in [2.45, 2.75) is 10.6 Å². The van der Waals surface area contributed by atoms with Crippen LogP contribution in [-0.2, 0) is 5.75 Å². The maximum absolute atomic E-state index is 5.18. The molecule has 2 aromatic heterocycles. The zero-order valence-electron chi connectivity index (χ0n) is 29.9. The molecule has 0 amide bonds. The number of rotatable bonds is 6. The predicted molar refractivity (Wildman–Crippen MR) is 238 cm³/mol. The normalized spacial score (nSPS) is 12.6. The van der Waals surface area contributed by atoms with E-state index in [4.69, 9.17) is 4.98 Å². The second-order valence-electron chi connectivity index (χ2n) is 14.2. The average molecular weight is 755 g/mol. The van der Waals surface area contributed by atoms with E-state index >= 15 is 0 Å². The molecule has 55 heavy (non-hydrogen) atoms. The minimum atomic E-state index is -2.85. The molecule has 0 spiro atoms. The molecular formula is C50H34N2S2Si. The molecule has 0 saturated carbocycles. The first-order valence-electron chi connectivity index (χ1n) is 18.7. The lowest BCUT2D eigenvalue weighted by Gasteiger charge is -2.35. The third-order valence-electron chi connectivity index (χ3n) is 11.2. The topological polar surface area (TPSA) is 17.8 Å². The molecule has 0 saturated heterocycles. The molecule has 0 unspecified atom stereocenters. The van der Waals surface area contributed by atoms with Gasteiger partial charge in [0.2, 0.25) is 0 Å². The van der Waals surface area contributed by atoms with E-state index in [1.165, 1.54) is 73.8 Å². The van der Waals surface area contributed by atoms with Gasteiger partial charge in [-0.25, -0.2) is 4.98 Å². The lowest BCUT2D eigenvalue weighted by atomic mass is 10.00. The molecule has 0 aliphatic carbocycles. The molecule has 0 atom stereocenters. The first-order chi connectivity index (χ1) is 27.3. The highest BCUT2D eigenvalue weighted by Gasteiger charge is 2.41. The van der Waals surface area contributed by atoms with Gasteiger partial charge >= 0.3 is 0 Å². The summed E-state index contributed by atoms with van der Waals surface area (Å²) in [6.07, 6.45) is 0. The van der Waals surface area contributed by atoms with Gasteiger partial charge in [0.15, 0.2) is 8.07 Å². The molecule has 0 fully saturated rings. The monoisotopic (exact) mass is 754 g/mol. The maximum atomic E-state index is 5.18. The van der Waals surface area contributed by atoms with E-state index in [0.717, 1.165) is 22.6 Å². The summed E-state index contributed by atoms with van der Waals surface area (Å²) in [4.78, 5) is 6.48. The molecule has 1 aliphatic heterocycles. The second kappa shape index (κ2) is 13.1. The van der Waals surface area contributed by atoms with Crippen molar-refractivity contribution in [3.8, 4) is 27.9 Å². The lowest BCUT2D eigenvalue weighted by molar-refractivity contribution is 0.945. The summed E-state index contributed by atoms with van der Waals surface area (Å²) in [5, 5.41) is 8.11. The van der Waals surface area contributed by atoms with Crippen LogP contribution in [0, 0.1) is 0 Å². The Kier molecular flexibility index (Phi) is 7.73. The highest BCUT2D eigenvalue weighted by Crippen LogP contribution is 2.40. The van der Waals surface area contributed by atoms with Gasteiger partial charge in [0.25, 0.3) is 0 Å². The molecule has 11 rings (SSSR count). The minimum absolute atomic E-state index is 0.870. The van der Waals surface area contributed by atoms with Crippen LogP contribution in [0.4, 0.5) is 0 Å². The molecule has 0 bridgehead atoms. The Morgan fingerprint density at radius 1 is 0.491 bits per heavy atom. The fourth-order valence-corrected chi connectivity index (χ4v) is 15.7. The second-order valence-corrected chi connectivity index (χ2v) is 20.2. The molecular weight excluding hydrogens is 721 g/mol. The molecule has 3 heterocycles. The number of imidazole rings is 1. The predicted octanol–water partition coefficient (Wildman–Crippen LogP) is 10.7. The summed E-state index contributed by atoms with van der Waals surface area (Å²) in [5.74, 6) is 1.98. The number of nitrogens with zero attached hydrogens (tertiary/aromatic N) is 2. The summed E-state index contributed by atoms with van der Waals surface area (Å²) >= 11 is 3.75. The van der Waals surface area contributed by atoms with Crippen LogP contribution in [0.2, 0.25) is 0 Å². The molecule has 260 valence electrons. The van der Waals surface area contributed by atoms with Gasteiger partial charge in [-0.15, -0.1) is 23.1 Å². The van der Waals surface area contributed by atoms with Crippen LogP contribution in [0.25, 0.3) is 59.1 Å². The van der Waals surface area contributed by atoms with Gasteiger partial charge in [0.05, 0.1) is 22.5 Å². The fourth-order valence-electron chi connectivity index (χ4n) is 8.83. The van der Waals surface area contributed by atoms with Crippen LogP contribution in [0.15, 0.2) is 199 Å². The standard InChI is InChI=1S/C50H34N2S2Si/c1-3-16-37(17-4-1)55(38-18-5-2-6-19-38,40-21-12-15-36(31-40)41-23-13-27-48-50(41)42-22-7-9-25-46(42)54-48)39-20-11-14-34(30-39)35-28-29-44-43(32-35)51-49-33-53-47-26-10-8-24-45(47)52(44)49/h1-32H,33H2.